The molecule has 1 aliphatic carbocycles. The second-order valence-electron chi connectivity index (χ2n) is 8.84. The minimum absolute atomic E-state index is 0.0763. The summed E-state index contributed by atoms with van der Waals surface area (Å²) in [4.78, 5) is 23.6. The van der Waals surface area contributed by atoms with Gasteiger partial charge in [0.2, 0.25) is 12.3 Å². The topological polar surface area (TPSA) is 136 Å². The molecule has 0 aromatic heterocycles. The molecule has 1 aromatic carbocycles. The van der Waals surface area contributed by atoms with Crippen molar-refractivity contribution in [2.75, 3.05) is 33.4 Å². The third-order valence-corrected chi connectivity index (χ3v) is 5.73. The van der Waals surface area contributed by atoms with Gasteiger partial charge >= 0.3 is 0 Å². The summed E-state index contributed by atoms with van der Waals surface area (Å²) in [5.74, 6) is 0.564. The van der Waals surface area contributed by atoms with Gasteiger partial charge in [0.15, 0.2) is 0 Å². The Morgan fingerprint density at radius 2 is 2.03 bits per heavy atom. The van der Waals surface area contributed by atoms with Gasteiger partial charge in [0.1, 0.15) is 23.9 Å². The average Bonchev–Trinajstić information content (AvgIpc) is 3.10. The maximum absolute atomic E-state index is 13.4. The Morgan fingerprint density at radius 1 is 1.29 bits per heavy atom. The molecule has 0 saturated carbocycles. The van der Waals surface area contributed by atoms with Gasteiger partial charge in [-0.1, -0.05) is 24.3 Å². The maximum atomic E-state index is 13.4. The number of benzene rings is 1. The van der Waals surface area contributed by atoms with Crippen molar-refractivity contribution in [3.63, 3.8) is 0 Å². The summed E-state index contributed by atoms with van der Waals surface area (Å²) in [6.07, 6.45) is 9.40. The summed E-state index contributed by atoms with van der Waals surface area (Å²) in [6.45, 7) is 4.68. The molecule has 0 radical (unpaired) electrons. The predicted octanol–water partition coefficient (Wildman–Crippen LogP) is 2.26. The number of hydroxylamine groups is 2. The van der Waals surface area contributed by atoms with Crippen molar-refractivity contribution in [2.24, 2.45) is 0 Å². The van der Waals surface area contributed by atoms with E-state index >= 15 is 0 Å². The Kier molecular flexibility index (Phi) is 13.2. The van der Waals surface area contributed by atoms with Crippen molar-refractivity contribution in [1.29, 1.82) is 5.41 Å². The maximum Gasteiger partial charge on any atom is 0.237 e. The molecule has 3 atom stereocenters. The summed E-state index contributed by atoms with van der Waals surface area (Å²) in [5.41, 5.74) is 0.524. The van der Waals surface area contributed by atoms with Crippen molar-refractivity contribution in [1.82, 2.24) is 21.0 Å². The number of likely N-dealkylation sites (N-methyl/N-ethyl adjacent to an activating group) is 1. The van der Waals surface area contributed by atoms with Gasteiger partial charge in [-0.2, -0.15) is 5.06 Å². The van der Waals surface area contributed by atoms with E-state index < -0.39 is 23.8 Å². The van der Waals surface area contributed by atoms with Crippen LogP contribution in [0.2, 0.25) is 0 Å². The third kappa shape index (κ3) is 10.8. The number of hydrogen-bond acceptors (Lipinski definition) is 8. The number of halogens is 1. The Hall–Kier alpha value is -3.54. The molecule has 2 rings (SSSR count). The van der Waals surface area contributed by atoms with Crippen LogP contribution in [0.25, 0.3) is 0 Å². The molecule has 5 N–H and O–H groups in total. The molecule has 0 heterocycles. The van der Waals surface area contributed by atoms with Gasteiger partial charge in [-0.05, 0) is 37.6 Å². The van der Waals surface area contributed by atoms with Crippen LogP contribution < -0.4 is 16.0 Å². The second kappa shape index (κ2) is 16.3. The quantitative estimate of drug-likeness (QED) is 0.118. The van der Waals surface area contributed by atoms with Crippen LogP contribution in [0.3, 0.4) is 0 Å². The van der Waals surface area contributed by atoms with Crippen LogP contribution in [0.5, 0.6) is 0 Å². The first-order valence-corrected chi connectivity index (χ1v) is 12.5. The van der Waals surface area contributed by atoms with Gasteiger partial charge in [0, 0.05) is 44.6 Å². The molecular weight excluding hydrogens is 493 g/mol. The van der Waals surface area contributed by atoms with Gasteiger partial charge < -0.3 is 36.0 Å². The highest BCUT2D eigenvalue weighted by atomic mass is 19.1. The zero-order valence-electron chi connectivity index (χ0n) is 22.1. The van der Waals surface area contributed by atoms with E-state index in [0.29, 0.717) is 50.3 Å². The lowest BCUT2D eigenvalue weighted by Gasteiger charge is -2.29. The SMILES string of the molecule is CCOC1=CC(OCCC(CNC(C)C(NC(=O)CN(C)O)C(=N)c2ccc(F)cc2)NC=O)=CC=CC1. The van der Waals surface area contributed by atoms with E-state index in [1.165, 1.54) is 31.3 Å². The molecule has 0 spiro atoms. The summed E-state index contributed by atoms with van der Waals surface area (Å²) in [7, 11) is 1.34. The van der Waals surface area contributed by atoms with Crippen molar-refractivity contribution >= 4 is 18.0 Å². The monoisotopic (exact) mass is 531 g/mol. The number of allylic oxidation sites excluding steroid dienone is 4. The first kappa shape index (κ1) is 30.7. The molecule has 0 saturated heterocycles. The number of amides is 2. The largest absolute Gasteiger partial charge is 0.498 e. The van der Waals surface area contributed by atoms with Gasteiger partial charge in [0.05, 0.1) is 25.0 Å². The van der Waals surface area contributed by atoms with Gasteiger partial charge in [0.25, 0.3) is 0 Å². The first-order valence-electron chi connectivity index (χ1n) is 12.5. The van der Waals surface area contributed by atoms with E-state index in [4.69, 9.17) is 14.9 Å². The van der Waals surface area contributed by atoms with Crippen molar-refractivity contribution in [3.8, 4) is 0 Å². The fourth-order valence-electron chi connectivity index (χ4n) is 3.78. The van der Waals surface area contributed by atoms with E-state index in [1.54, 1.807) is 6.92 Å². The summed E-state index contributed by atoms with van der Waals surface area (Å²) < 4.78 is 24.9. The van der Waals surface area contributed by atoms with E-state index in [9.17, 15) is 19.2 Å². The number of nitrogens with one attached hydrogen (secondary N) is 4. The van der Waals surface area contributed by atoms with Crippen molar-refractivity contribution in [3.05, 3.63) is 71.5 Å². The number of hydrogen-bond donors (Lipinski definition) is 5. The van der Waals surface area contributed by atoms with Crippen LogP contribution in [-0.2, 0) is 19.1 Å². The van der Waals surface area contributed by atoms with E-state index in [0.717, 1.165) is 10.8 Å². The van der Waals surface area contributed by atoms with Crippen LogP contribution in [0.4, 0.5) is 4.39 Å². The lowest BCUT2D eigenvalue weighted by atomic mass is 9.97. The molecular formula is C27H38FN5O5. The smallest absolute Gasteiger partial charge is 0.237 e. The van der Waals surface area contributed by atoms with Crippen LogP contribution in [0.1, 0.15) is 32.3 Å². The summed E-state index contributed by atoms with van der Waals surface area (Å²) in [5, 5.41) is 27.6. The predicted molar refractivity (Wildman–Crippen MR) is 142 cm³/mol. The molecule has 10 nitrogen and oxygen atoms in total. The lowest BCUT2D eigenvalue weighted by molar-refractivity contribution is -0.133. The van der Waals surface area contributed by atoms with Crippen molar-refractivity contribution in [2.45, 2.75) is 44.8 Å². The fraction of sp³-hybridized carbons (Fsp3) is 0.444. The summed E-state index contributed by atoms with van der Waals surface area (Å²) in [6, 6.07) is 3.93. The van der Waals surface area contributed by atoms with Gasteiger partial charge in [-0.3, -0.25) is 9.59 Å². The lowest BCUT2D eigenvalue weighted by Crippen LogP contribution is -2.56. The zero-order chi connectivity index (χ0) is 27.9. The third-order valence-electron chi connectivity index (χ3n) is 5.73. The van der Waals surface area contributed by atoms with Crippen LogP contribution in [0.15, 0.2) is 60.1 Å². The molecule has 3 unspecified atom stereocenters. The van der Waals surface area contributed by atoms with Gasteiger partial charge in [-0.25, -0.2) is 4.39 Å². The zero-order valence-corrected chi connectivity index (χ0v) is 22.1. The Morgan fingerprint density at radius 3 is 2.68 bits per heavy atom. The molecule has 11 heteroatoms. The number of carbonyl (C=O) groups excluding carboxylic acids is 2. The molecule has 0 fully saturated rings. The van der Waals surface area contributed by atoms with Gasteiger partial charge in [-0.15, -0.1) is 0 Å². The molecule has 0 aliphatic heterocycles. The molecule has 2 amide bonds. The van der Waals surface area contributed by atoms with E-state index in [1.807, 2.05) is 31.2 Å². The minimum atomic E-state index is -0.786. The molecule has 208 valence electrons. The Labute approximate surface area is 223 Å². The Balaban J connectivity index is 2.01. The number of carbonyl (C=O) groups is 2. The number of rotatable bonds is 17. The molecule has 1 aliphatic rings. The van der Waals surface area contributed by atoms with E-state index in [-0.39, 0.29) is 18.3 Å². The summed E-state index contributed by atoms with van der Waals surface area (Å²) >= 11 is 0. The van der Waals surface area contributed by atoms with Crippen LogP contribution in [-0.4, -0.2) is 79.8 Å². The van der Waals surface area contributed by atoms with Crippen LogP contribution in [0, 0.1) is 11.2 Å². The molecule has 1 aromatic rings. The minimum Gasteiger partial charge on any atom is -0.498 e. The average molecular weight is 532 g/mol. The second-order valence-corrected chi connectivity index (χ2v) is 8.84. The molecule has 0 bridgehead atoms. The fourth-order valence-corrected chi connectivity index (χ4v) is 3.78. The standard InChI is InChI=1S/C27H38FN5O5/c1-4-37-23-7-5-6-8-24(15-23)38-14-13-22(31-18-34)16-30-19(2)27(32-25(35)17-33(3)36)26(29)20-9-11-21(28)12-10-20/h5-6,8-12,15,18-19,22,27,29-30,36H,4,7,13-14,16-17H2,1-3H3,(H,31,34)(H,32,35). The van der Waals surface area contributed by atoms with Crippen molar-refractivity contribution < 1.29 is 28.7 Å². The first-order chi connectivity index (χ1) is 18.2. The Bertz CT molecular complexity index is 1010. The number of ether oxygens (including phenoxy) is 2. The normalized spacial score (nSPS) is 15.4. The molecule has 38 heavy (non-hydrogen) atoms. The van der Waals surface area contributed by atoms with E-state index in [2.05, 4.69) is 16.0 Å². The van der Waals surface area contributed by atoms with Crippen LogP contribution >= 0.6 is 0 Å². The highest BCUT2D eigenvalue weighted by molar-refractivity contribution is 6.04. The number of nitrogens with zero attached hydrogens (tertiary/aromatic N) is 1. The highest BCUT2D eigenvalue weighted by Gasteiger charge is 2.26. The highest BCUT2D eigenvalue weighted by Crippen LogP contribution is 2.15.